The van der Waals surface area contributed by atoms with Gasteiger partial charge in [-0.05, 0) is 17.7 Å². The summed E-state index contributed by atoms with van der Waals surface area (Å²) in [6, 6.07) is 13.2. The summed E-state index contributed by atoms with van der Waals surface area (Å²) in [5, 5.41) is 11.1. The van der Waals surface area contributed by atoms with E-state index in [1.54, 1.807) is 6.08 Å². The molecule has 0 amide bonds. The molecular formula is C14H14N2O2. The fourth-order valence-electron chi connectivity index (χ4n) is 1.77. The minimum Gasteiger partial charge on any atom is -0.351 e. The molecule has 0 aliphatic carbocycles. The van der Waals surface area contributed by atoms with Crippen molar-refractivity contribution in [1.82, 2.24) is 4.57 Å². The van der Waals surface area contributed by atoms with Crippen LogP contribution in [-0.2, 0) is 13.5 Å². The fourth-order valence-corrected chi connectivity index (χ4v) is 1.77. The number of allylic oxidation sites excluding steroid dienone is 1. The lowest BCUT2D eigenvalue weighted by Gasteiger charge is -2.01. The monoisotopic (exact) mass is 242 g/mol. The minimum absolute atomic E-state index is 0.197. The Kier molecular flexibility index (Phi) is 3.57. The predicted octanol–water partition coefficient (Wildman–Crippen LogP) is 2.89. The van der Waals surface area contributed by atoms with E-state index in [4.69, 9.17) is 0 Å². The molecule has 1 aromatic carbocycles. The molecule has 0 atom stereocenters. The molecule has 92 valence electrons. The van der Waals surface area contributed by atoms with Gasteiger partial charge in [0.05, 0.1) is 11.3 Å². The first-order chi connectivity index (χ1) is 8.66. The number of benzene rings is 1. The molecule has 0 aliphatic rings. The highest BCUT2D eigenvalue weighted by atomic mass is 16.6. The first-order valence-electron chi connectivity index (χ1n) is 5.67. The van der Waals surface area contributed by atoms with Crippen molar-refractivity contribution in [2.45, 2.75) is 6.42 Å². The standard InChI is InChI=1S/C14H14N2O2/c1-15-9-5-8-13(15)11-14(16(17)18)10-12-6-3-2-4-7-12/h2-9,11H,10H2,1H3. The number of aromatic nitrogens is 1. The van der Waals surface area contributed by atoms with E-state index in [-0.39, 0.29) is 10.6 Å². The predicted molar refractivity (Wildman–Crippen MR) is 70.5 cm³/mol. The Hall–Kier alpha value is -2.36. The normalized spacial score (nSPS) is 11.5. The first-order valence-corrected chi connectivity index (χ1v) is 5.67. The summed E-state index contributed by atoms with van der Waals surface area (Å²) in [7, 11) is 1.87. The molecule has 0 N–H and O–H groups in total. The van der Waals surface area contributed by atoms with Crippen molar-refractivity contribution in [3.63, 3.8) is 0 Å². The van der Waals surface area contributed by atoms with Crippen LogP contribution in [0.5, 0.6) is 0 Å². The Morgan fingerprint density at radius 1 is 1.28 bits per heavy atom. The van der Waals surface area contributed by atoms with Gasteiger partial charge in [-0.3, -0.25) is 10.1 Å². The third-order valence-corrected chi connectivity index (χ3v) is 2.76. The Labute approximate surface area is 105 Å². The number of nitro groups is 1. The maximum absolute atomic E-state index is 11.1. The van der Waals surface area contributed by atoms with E-state index in [2.05, 4.69) is 0 Å². The molecule has 0 spiro atoms. The van der Waals surface area contributed by atoms with Gasteiger partial charge in [-0.15, -0.1) is 0 Å². The molecule has 18 heavy (non-hydrogen) atoms. The Morgan fingerprint density at radius 3 is 2.56 bits per heavy atom. The van der Waals surface area contributed by atoms with Gasteiger partial charge in [0.25, 0.3) is 5.70 Å². The average molecular weight is 242 g/mol. The molecular weight excluding hydrogens is 228 g/mol. The molecule has 4 heteroatoms. The molecule has 0 bridgehead atoms. The van der Waals surface area contributed by atoms with Gasteiger partial charge in [-0.2, -0.15) is 0 Å². The van der Waals surface area contributed by atoms with Crippen LogP contribution < -0.4 is 0 Å². The maximum atomic E-state index is 11.1. The van der Waals surface area contributed by atoms with Crippen LogP contribution in [0.25, 0.3) is 6.08 Å². The first kappa shape index (κ1) is 12.1. The molecule has 0 aliphatic heterocycles. The van der Waals surface area contributed by atoms with E-state index in [0.29, 0.717) is 6.42 Å². The summed E-state index contributed by atoms with van der Waals surface area (Å²) in [5.74, 6) is 0. The molecule has 4 nitrogen and oxygen atoms in total. The van der Waals surface area contributed by atoms with Crippen molar-refractivity contribution >= 4 is 6.08 Å². The molecule has 2 rings (SSSR count). The summed E-state index contributed by atoms with van der Waals surface area (Å²) >= 11 is 0. The van der Waals surface area contributed by atoms with Crippen LogP contribution in [0.3, 0.4) is 0 Å². The van der Waals surface area contributed by atoms with Crippen molar-refractivity contribution in [2.75, 3.05) is 0 Å². The molecule has 0 saturated heterocycles. The SMILES string of the molecule is Cn1cccc1C=C(Cc1ccccc1)[N+](=O)[O-]. The van der Waals surface area contributed by atoms with E-state index in [1.165, 1.54) is 0 Å². The van der Waals surface area contributed by atoms with Crippen LogP contribution in [0.4, 0.5) is 0 Å². The molecule has 1 aromatic heterocycles. The lowest BCUT2D eigenvalue weighted by molar-refractivity contribution is -0.425. The highest BCUT2D eigenvalue weighted by Crippen LogP contribution is 2.13. The van der Waals surface area contributed by atoms with E-state index in [1.807, 2.05) is 60.3 Å². The van der Waals surface area contributed by atoms with Crippen molar-refractivity contribution < 1.29 is 4.92 Å². The van der Waals surface area contributed by atoms with Crippen molar-refractivity contribution in [2.24, 2.45) is 7.05 Å². The largest absolute Gasteiger partial charge is 0.351 e. The Morgan fingerprint density at radius 2 is 2.00 bits per heavy atom. The topological polar surface area (TPSA) is 48.1 Å². The van der Waals surface area contributed by atoms with Gasteiger partial charge < -0.3 is 4.57 Å². The molecule has 2 aromatic rings. The van der Waals surface area contributed by atoms with E-state index < -0.39 is 0 Å². The summed E-state index contributed by atoms with van der Waals surface area (Å²) in [4.78, 5) is 10.7. The van der Waals surface area contributed by atoms with Crippen LogP contribution in [0.1, 0.15) is 11.3 Å². The summed E-state index contributed by atoms with van der Waals surface area (Å²) < 4.78 is 1.86. The van der Waals surface area contributed by atoms with Gasteiger partial charge in [0.2, 0.25) is 0 Å². The minimum atomic E-state index is -0.319. The van der Waals surface area contributed by atoms with E-state index in [9.17, 15) is 10.1 Å². The lowest BCUT2D eigenvalue weighted by Crippen LogP contribution is -2.03. The highest BCUT2D eigenvalue weighted by molar-refractivity contribution is 5.48. The van der Waals surface area contributed by atoms with Gasteiger partial charge in [-0.25, -0.2) is 0 Å². The number of rotatable bonds is 4. The maximum Gasteiger partial charge on any atom is 0.252 e. The third kappa shape index (κ3) is 2.85. The Bertz CT molecular complexity index is 570. The second-order valence-corrected chi connectivity index (χ2v) is 4.10. The third-order valence-electron chi connectivity index (χ3n) is 2.76. The second-order valence-electron chi connectivity index (χ2n) is 4.10. The van der Waals surface area contributed by atoms with Crippen molar-refractivity contribution in [1.29, 1.82) is 0 Å². The number of nitrogens with zero attached hydrogens (tertiary/aromatic N) is 2. The fraction of sp³-hybridized carbons (Fsp3) is 0.143. The summed E-state index contributed by atoms with van der Waals surface area (Å²) in [6.07, 6.45) is 3.82. The van der Waals surface area contributed by atoms with Crippen molar-refractivity contribution in [3.05, 3.63) is 75.7 Å². The zero-order valence-electron chi connectivity index (χ0n) is 10.1. The molecule has 0 saturated carbocycles. The molecule has 0 unspecified atom stereocenters. The lowest BCUT2D eigenvalue weighted by atomic mass is 10.1. The van der Waals surface area contributed by atoms with E-state index in [0.717, 1.165) is 11.3 Å². The Balaban J connectivity index is 2.27. The average Bonchev–Trinajstić information content (AvgIpc) is 2.75. The van der Waals surface area contributed by atoms with Crippen LogP contribution >= 0.6 is 0 Å². The van der Waals surface area contributed by atoms with Crippen molar-refractivity contribution in [3.8, 4) is 0 Å². The molecule has 0 radical (unpaired) electrons. The quantitative estimate of drug-likeness (QED) is 0.611. The zero-order chi connectivity index (χ0) is 13.0. The smallest absolute Gasteiger partial charge is 0.252 e. The van der Waals surface area contributed by atoms with E-state index >= 15 is 0 Å². The van der Waals surface area contributed by atoms with Gasteiger partial charge >= 0.3 is 0 Å². The number of aryl methyl sites for hydroxylation is 1. The van der Waals surface area contributed by atoms with Gasteiger partial charge in [0.1, 0.15) is 0 Å². The van der Waals surface area contributed by atoms with Crippen LogP contribution in [-0.4, -0.2) is 9.49 Å². The second kappa shape index (κ2) is 5.31. The van der Waals surface area contributed by atoms with Crippen LogP contribution in [0.15, 0.2) is 54.4 Å². The zero-order valence-corrected chi connectivity index (χ0v) is 10.1. The van der Waals surface area contributed by atoms with Crippen LogP contribution in [0, 0.1) is 10.1 Å². The summed E-state index contributed by atoms with van der Waals surface area (Å²) in [5.41, 5.74) is 1.97. The summed E-state index contributed by atoms with van der Waals surface area (Å²) in [6.45, 7) is 0. The number of hydrogen-bond acceptors (Lipinski definition) is 2. The molecule has 0 fully saturated rings. The highest BCUT2D eigenvalue weighted by Gasteiger charge is 2.12. The van der Waals surface area contributed by atoms with Gasteiger partial charge in [0, 0.05) is 25.0 Å². The molecule has 1 heterocycles. The van der Waals surface area contributed by atoms with Crippen LogP contribution in [0.2, 0.25) is 0 Å². The van der Waals surface area contributed by atoms with Gasteiger partial charge in [-0.1, -0.05) is 30.3 Å². The van der Waals surface area contributed by atoms with Gasteiger partial charge in [0.15, 0.2) is 0 Å². The number of hydrogen-bond donors (Lipinski definition) is 0.